The van der Waals surface area contributed by atoms with Gasteiger partial charge in [-0.1, -0.05) is 56.5 Å². The number of rotatable bonds is 11. The third-order valence-corrected chi connectivity index (χ3v) is 7.18. The van der Waals surface area contributed by atoms with Crippen molar-refractivity contribution in [2.24, 2.45) is 5.92 Å². The summed E-state index contributed by atoms with van der Waals surface area (Å²) in [6.07, 6.45) is 12.0. The molecule has 30 heavy (non-hydrogen) atoms. The van der Waals surface area contributed by atoms with Crippen LogP contribution >= 0.6 is 11.3 Å². The van der Waals surface area contributed by atoms with Crippen LogP contribution in [-0.4, -0.2) is 18.2 Å². The quantitative estimate of drug-likeness (QED) is 0.312. The van der Waals surface area contributed by atoms with E-state index in [2.05, 4.69) is 37.3 Å². The van der Waals surface area contributed by atoms with Gasteiger partial charge in [-0.05, 0) is 73.3 Å². The molecular formula is C26H34O3S. The Morgan fingerprint density at radius 2 is 1.97 bits per heavy atom. The fourth-order valence-corrected chi connectivity index (χ4v) is 5.28. The van der Waals surface area contributed by atoms with Crippen LogP contribution in [0.3, 0.4) is 0 Å². The molecule has 0 amide bonds. The van der Waals surface area contributed by atoms with E-state index in [1.54, 1.807) is 11.3 Å². The zero-order valence-corrected chi connectivity index (χ0v) is 19.0. The van der Waals surface area contributed by atoms with Crippen LogP contribution in [-0.2, 0) is 11.2 Å². The number of thiophene rings is 1. The summed E-state index contributed by atoms with van der Waals surface area (Å²) in [5, 5.41) is 10.4. The number of allylic oxidation sites excluding steroid dienone is 2. The minimum Gasteiger partial charge on any atom is -0.465 e. The van der Waals surface area contributed by atoms with Crippen LogP contribution in [0.2, 0.25) is 0 Å². The molecule has 1 heterocycles. The van der Waals surface area contributed by atoms with E-state index >= 15 is 0 Å². The Bertz CT molecular complexity index is 834. The highest BCUT2D eigenvalue weighted by molar-refractivity contribution is 7.13. The lowest BCUT2D eigenvalue weighted by Gasteiger charge is -2.16. The van der Waals surface area contributed by atoms with Crippen LogP contribution < -0.4 is 0 Å². The molecule has 2 atom stereocenters. The number of hydrogen-bond donors (Lipinski definition) is 1. The minimum atomic E-state index is -0.348. The van der Waals surface area contributed by atoms with Crippen molar-refractivity contribution in [1.29, 1.82) is 0 Å². The standard InChI is InChI=1S/C26H34O3S/c1-3-4-5-12-24(27)21-15-13-20(14-16-21)23-11-7-9-19(23)8-6-10-22-17-18-25(30-22)26(28)29-2/h11,13-19,24,27H,3-10,12H2,1-2H3/t19-,24+/m0/s1. The van der Waals surface area contributed by atoms with Crippen LogP contribution in [0.15, 0.2) is 42.5 Å². The third kappa shape index (κ3) is 6.05. The monoisotopic (exact) mass is 426 g/mol. The average Bonchev–Trinajstić information content (AvgIpc) is 3.43. The Morgan fingerprint density at radius 1 is 1.17 bits per heavy atom. The summed E-state index contributed by atoms with van der Waals surface area (Å²) < 4.78 is 4.79. The van der Waals surface area contributed by atoms with Crippen LogP contribution in [0.1, 0.15) is 90.1 Å². The van der Waals surface area contributed by atoms with Gasteiger partial charge in [0.1, 0.15) is 4.88 Å². The van der Waals surface area contributed by atoms with Crippen LogP contribution in [0.4, 0.5) is 0 Å². The molecule has 1 aromatic heterocycles. The second kappa shape index (κ2) is 11.5. The average molecular weight is 427 g/mol. The summed E-state index contributed by atoms with van der Waals surface area (Å²) in [6, 6.07) is 12.5. The predicted molar refractivity (Wildman–Crippen MR) is 125 cm³/mol. The molecule has 1 aliphatic rings. The number of hydrogen-bond acceptors (Lipinski definition) is 4. The molecule has 3 rings (SSSR count). The first-order chi connectivity index (χ1) is 14.6. The first kappa shape index (κ1) is 22.8. The van der Waals surface area contributed by atoms with Crippen molar-refractivity contribution in [2.75, 3.05) is 7.11 Å². The molecule has 3 nitrogen and oxygen atoms in total. The smallest absolute Gasteiger partial charge is 0.348 e. The van der Waals surface area contributed by atoms with Gasteiger partial charge in [-0.2, -0.15) is 0 Å². The maximum Gasteiger partial charge on any atom is 0.348 e. The molecular weight excluding hydrogens is 392 g/mol. The summed E-state index contributed by atoms with van der Waals surface area (Å²) in [5.74, 6) is 0.358. The molecule has 1 N–H and O–H groups in total. The summed E-state index contributed by atoms with van der Waals surface area (Å²) in [5.41, 5.74) is 3.79. The van der Waals surface area contributed by atoms with Crippen molar-refractivity contribution in [3.05, 3.63) is 63.4 Å². The Balaban J connectivity index is 1.51. The highest BCUT2D eigenvalue weighted by atomic mass is 32.1. The van der Waals surface area contributed by atoms with E-state index in [0.717, 1.165) is 37.7 Å². The van der Waals surface area contributed by atoms with Gasteiger partial charge in [0, 0.05) is 4.88 Å². The van der Waals surface area contributed by atoms with Crippen molar-refractivity contribution in [2.45, 2.75) is 70.8 Å². The predicted octanol–water partition coefficient (Wildman–Crippen LogP) is 6.96. The van der Waals surface area contributed by atoms with Gasteiger partial charge >= 0.3 is 5.97 Å². The van der Waals surface area contributed by atoms with Crippen LogP contribution in [0, 0.1) is 5.92 Å². The van der Waals surface area contributed by atoms with Gasteiger partial charge in [0.05, 0.1) is 13.2 Å². The molecule has 0 saturated carbocycles. The molecule has 162 valence electrons. The summed E-state index contributed by atoms with van der Waals surface area (Å²) in [4.78, 5) is 13.5. The van der Waals surface area contributed by atoms with Gasteiger partial charge in [0.2, 0.25) is 0 Å². The molecule has 4 heteroatoms. The first-order valence-corrected chi connectivity index (χ1v) is 12.1. The maximum atomic E-state index is 11.6. The summed E-state index contributed by atoms with van der Waals surface area (Å²) in [6.45, 7) is 2.19. The minimum absolute atomic E-state index is 0.244. The SMILES string of the molecule is CCCCC[C@@H](O)c1ccc(C2=CCC[C@@H]2CCCc2ccc(C(=O)OC)s2)cc1. The Morgan fingerprint density at radius 3 is 2.70 bits per heavy atom. The Labute approximate surface area is 184 Å². The van der Waals surface area contributed by atoms with Gasteiger partial charge in [-0.15, -0.1) is 11.3 Å². The lowest BCUT2D eigenvalue weighted by Crippen LogP contribution is -2.01. The fraction of sp³-hybridized carbons (Fsp3) is 0.500. The second-order valence-electron chi connectivity index (χ2n) is 8.22. The normalized spacial score (nSPS) is 17.0. The number of esters is 1. The number of aliphatic hydroxyl groups excluding tert-OH is 1. The van der Waals surface area contributed by atoms with Gasteiger partial charge in [-0.25, -0.2) is 4.79 Å². The van der Waals surface area contributed by atoms with E-state index in [0.29, 0.717) is 10.8 Å². The topological polar surface area (TPSA) is 46.5 Å². The molecule has 2 aromatic rings. The van der Waals surface area contributed by atoms with E-state index in [4.69, 9.17) is 4.74 Å². The molecule has 1 aromatic carbocycles. The zero-order chi connectivity index (χ0) is 21.3. The van der Waals surface area contributed by atoms with Crippen LogP contribution in [0.25, 0.3) is 5.57 Å². The lowest BCUT2D eigenvalue weighted by molar-refractivity contribution is 0.0606. The van der Waals surface area contributed by atoms with Crippen molar-refractivity contribution >= 4 is 22.9 Å². The van der Waals surface area contributed by atoms with Gasteiger partial charge in [0.25, 0.3) is 0 Å². The number of carbonyl (C=O) groups is 1. The summed E-state index contributed by atoms with van der Waals surface area (Å²) in [7, 11) is 1.43. The largest absolute Gasteiger partial charge is 0.465 e. The molecule has 0 bridgehead atoms. The molecule has 0 saturated heterocycles. The maximum absolute atomic E-state index is 11.6. The van der Waals surface area contributed by atoms with E-state index in [1.165, 1.54) is 48.8 Å². The molecule has 1 aliphatic carbocycles. The number of methoxy groups -OCH3 is 1. The number of carbonyl (C=O) groups excluding carboxylic acids is 1. The van der Waals surface area contributed by atoms with Gasteiger partial charge in [-0.3, -0.25) is 0 Å². The lowest BCUT2D eigenvalue weighted by atomic mass is 9.89. The van der Waals surface area contributed by atoms with Crippen molar-refractivity contribution < 1.29 is 14.6 Å². The highest BCUT2D eigenvalue weighted by Gasteiger charge is 2.21. The van der Waals surface area contributed by atoms with E-state index in [1.807, 2.05) is 12.1 Å². The summed E-state index contributed by atoms with van der Waals surface area (Å²) >= 11 is 1.54. The van der Waals surface area contributed by atoms with E-state index in [-0.39, 0.29) is 12.1 Å². The molecule has 0 radical (unpaired) electrons. The van der Waals surface area contributed by atoms with Crippen LogP contribution in [0.5, 0.6) is 0 Å². The first-order valence-electron chi connectivity index (χ1n) is 11.3. The highest BCUT2D eigenvalue weighted by Crippen LogP contribution is 2.37. The Hall–Kier alpha value is -1.91. The molecule has 0 spiro atoms. The molecule has 0 aliphatic heterocycles. The third-order valence-electron chi connectivity index (χ3n) is 6.05. The fourth-order valence-electron chi connectivity index (χ4n) is 4.31. The zero-order valence-electron chi connectivity index (χ0n) is 18.2. The van der Waals surface area contributed by atoms with Crippen molar-refractivity contribution in [3.8, 4) is 0 Å². The van der Waals surface area contributed by atoms with Crippen molar-refractivity contribution in [1.82, 2.24) is 0 Å². The number of unbranched alkanes of at least 4 members (excludes halogenated alkanes) is 2. The molecule has 0 fully saturated rings. The van der Waals surface area contributed by atoms with E-state index < -0.39 is 0 Å². The number of aryl methyl sites for hydroxylation is 1. The van der Waals surface area contributed by atoms with E-state index in [9.17, 15) is 9.90 Å². The number of aliphatic hydroxyl groups is 1. The number of benzene rings is 1. The number of ether oxygens (including phenoxy) is 1. The Kier molecular flexibility index (Phi) is 8.71. The van der Waals surface area contributed by atoms with Gasteiger partial charge < -0.3 is 9.84 Å². The van der Waals surface area contributed by atoms with Crippen molar-refractivity contribution in [3.63, 3.8) is 0 Å². The van der Waals surface area contributed by atoms with Gasteiger partial charge in [0.15, 0.2) is 0 Å². The molecule has 0 unspecified atom stereocenters. The second-order valence-corrected chi connectivity index (χ2v) is 9.39.